The maximum Gasteiger partial charge on any atom is 0.323 e. The van der Waals surface area contributed by atoms with Gasteiger partial charge in [-0.3, -0.25) is 4.72 Å². The van der Waals surface area contributed by atoms with Gasteiger partial charge in [0.2, 0.25) is 0 Å². The van der Waals surface area contributed by atoms with Crippen molar-refractivity contribution in [2.75, 3.05) is 21.1 Å². The summed E-state index contributed by atoms with van der Waals surface area (Å²) in [6.07, 6.45) is 1.44. The number of amides is 2. The fourth-order valence-corrected chi connectivity index (χ4v) is 4.45. The molecule has 5 N–H and O–H groups in total. The van der Waals surface area contributed by atoms with Gasteiger partial charge in [0.1, 0.15) is 5.82 Å². The molecular weight excluding hydrogens is 438 g/mol. The lowest BCUT2D eigenvalue weighted by Gasteiger charge is -2.13. The summed E-state index contributed by atoms with van der Waals surface area (Å²) in [6, 6.07) is 25.2. The van der Waals surface area contributed by atoms with Gasteiger partial charge in [0.25, 0.3) is 10.0 Å². The van der Waals surface area contributed by atoms with Crippen LogP contribution in [0, 0.1) is 0 Å². The van der Waals surface area contributed by atoms with Crippen LogP contribution in [0.1, 0.15) is 0 Å². The quantitative estimate of drug-likeness (QED) is 0.330. The molecule has 1 aromatic heterocycles. The highest BCUT2D eigenvalue weighted by Crippen LogP contribution is 2.28. The summed E-state index contributed by atoms with van der Waals surface area (Å²) in [5, 5.41) is 5.31. The van der Waals surface area contributed by atoms with Gasteiger partial charge in [-0.25, -0.2) is 18.2 Å². The van der Waals surface area contributed by atoms with E-state index in [1.807, 2.05) is 30.3 Å². The van der Waals surface area contributed by atoms with Crippen LogP contribution in [0.5, 0.6) is 0 Å². The van der Waals surface area contributed by atoms with Crippen molar-refractivity contribution in [3.8, 4) is 11.1 Å². The van der Waals surface area contributed by atoms with E-state index in [0.717, 1.165) is 5.56 Å². The van der Waals surface area contributed by atoms with Crippen LogP contribution >= 0.6 is 0 Å². The minimum Gasteiger partial charge on any atom is -0.384 e. The minimum absolute atomic E-state index is 0.176. The standard InChI is InChI=1S/C24H21N5O3S/c25-23-15-14-20(16-26-23)28-24(30)27-18-10-12-19(13-11-18)29-33(31,32)22-9-5-4-8-21(22)17-6-2-1-3-7-17/h1-16,29H,(H2,25,26)(H2,27,28,30). The van der Waals surface area contributed by atoms with Gasteiger partial charge in [0, 0.05) is 16.9 Å². The summed E-state index contributed by atoms with van der Waals surface area (Å²) in [6.45, 7) is 0. The van der Waals surface area contributed by atoms with E-state index >= 15 is 0 Å². The number of pyridine rings is 1. The number of urea groups is 1. The lowest BCUT2D eigenvalue weighted by atomic mass is 10.1. The van der Waals surface area contributed by atoms with Gasteiger partial charge in [-0.05, 0) is 48.0 Å². The van der Waals surface area contributed by atoms with Crippen molar-refractivity contribution in [3.63, 3.8) is 0 Å². The third-order valence-electron chi connectivity index (χ3n) is 4.70. The Kier molecular flexibility index (Phi) is 6.23. The number of rotatable bonds is 6. The number of nitrogens with two attached hydrogens (primary N) is 1. The molecular formula is C24H21N5O3S. The molecule has 9 heteroatoms. The van der Waals surface area contributed by atoms with E-state index in [4.69, 9.17) is 5.73 Å². The number of hydrogen-bond donors (Lipinski definition) is 4. The van der Waals surface area contributed by atoms with Crippen molar-refractivity contribution in [2.24, 2.45) is 0 Å². The van der Waals surface area contributed by atoms with E-state index in [1.54, 1.807) is 60.7 Å². The molecule has 0 atom stereocenters. The molecule has 0 aliphatic carbocycles. The van der Waals surface area contributed by atoms with Crippen LogP contribution in [0.15, 0.2) is 102 Å². The number of nitrogen functional groups attached to an aromatic ring is 1. The molecule has 0 radical (unpaired) electrons. The third kappa shape index (κ3) is 5.46. The smallest absolute Gasteiger partial charge is 0.323 e. The van der Waals surface area contributed by atoms with Crippen LogP contribution in [-0.2, 0) is 10.0 Å². The average Bonchev–Trinajstić information content (AvgIpc) is 2.82. The largest absolute Gasteiger partial charge is 0.384 e. The molecule has 2 amide bonds. The van der Waals surface area contributed by atoms with E-state index in [-0.39, 0.29) is 4.90 Å². The fourth-order valence-electron chi connectivity index (χ4n) is 3.16. The second-order valence-corrected chi connectivity index (χ2v) is 8.75. The van der Waals surface area contributed by atoms with Gasteiger partial charge in [-0.15, -0.1) is 0 Å². The van der Waals surface area contributed by atoms with Gasteiger partial charge < -0.3 is 16.4 Å². The Morgan fingerprint density at radius 3 is 2.03 bits per heavy atom. The van der Waals surface area contributed by atoms with E-state index < -0.39 is 16.1 Å². The van der Waals surface area contributed by atoms with E-state index in [9.17, 15) is 13.2 Å². The Morgan fingerprint density at radius 2 is 1.33 bits per heavy atom. The first-order valence-electron chi connectivity index (χ1n) is 9.97. The zero-order valence-electron chi connectivity index (χ0n) is 17.4. The van der Waals surface area contributed by atoms with Crippen LogP contribution in [0.25, 0.3) is 11.1 Å². The lowest BCUT2D eigenvalue weighted by Crippen LogP contribution is -2.19. The topological polar surface area (TPSA) is 126 Å². The molecule has 0 aliphatic heterocycles. The van der Waals surface area contributed by atoms with Crippen LogP contribution in [0.3, 0.4) is 0 Å². The van der Waals surface area contributed by atoms with Crippen LogP contribution in [0.4, 0.5) is 27.7 Å². The maximum absolute atomic E-state index is 13.1. The summed E-state index contributed by atoms with van der Waals surface area (Å²) in [4.78, 5) is 16.2. The Morgan fingerprint density at radius 1 is 0.727 bits per heavy atom. The van der Waals surface area contributed by atoms with E-state index in [1.165, 1.54) is 6.20 Å². The summed E-state index contributed by atoms with van der Waals surface area (Å²) < 4.78 is 28.8. The maximum atomic E-state index is 13.1. The highest BCUT2D eigenvalue weighted by Gasteiger charge is 2.19. The molecule has 0 aliphatic rings. The highest BCUT2D eigenvalue weighted by molar-refractivity contribution is 7.92. The van der Waals surface area contributed by atoms with Crippen molar-refractivity contribution in [1.29, 1.82) is 0 Å². The summed E-state index contributed by atoms with van der Waals surface area (Å²) in [5.74, 6) is 0.352. The van der Waals surface area contributed by atoms with Gasteiger partial charge in [-0.1, -0.05) is 48.5 Å². The molecule has 0 saturated carbocycles. The van der Waals surface area contributed by atoms with E-state index in [2.05, 4.69) is 20.3 Å². The molecule has 0 fully saturated rings. The number of benzene rings is 3. The molecule has 4 rings (SSSR count). The summed E-state index contributed by atoms with van der Waals surface area (Å²) >= 11 is 0. The molecule has 33 heavy (non-hydrogen) atoms. The number of sulfonamides is 1. The average molecular weight is 460 g/mol. The fraction of sp³-hybridized carbons (Fsp3) is 0. The first kappa shape index (κ1) is 21.8. The zero-order valence-corrected chi connectivity index (χ0v) is 18.2. The van der Waals surface area contributed by atoms with Gasteiger partial charge in [0.05, 0.1) is 16.8 Å². The zero-order chi connectivity index (χ0) is 23.3. The second-order valence-electron chi connectivity index (χ2n) is 7.10. The number of nitrogens with zero attached hydrogens (tertiary/aromatic N) is 1. The molecule has 3 aromatic carbocycles. The van der Waals surface area contributed by atoms with E-state index in [0.29, 0.717) is 28.4 Å². The van der Waals surface area contributed by atoms with Crippen molar-refractivity contribution < 1.29 is 13.2 Å². The third-order valence-corrected chi connectivity index (χ3v) is 6.14. The number of carbonyl (C=O) groups is 1. The molecule has 4 aromatic rings. The van der Waals surface area contributed by atoms with Crippen molar-refractivity contribution >= 4 is 38.9 Å². The molecule has 8 nitrogen and oxygen atoms in total. The first-order valence-corrected chi connectivity index (χ1v) is 11.5. The normalized spacial score (nSPS) is 10.9. The summed E-state index contributed by atoms with van der Waals surface area (Å²) in [5.41, 5.74) is 8.29. The molecule has 0 bridgehead atoms. The second kappa shape index (κ2) is 9.41. The number of anilines is 4. The molecule has 0 saturated heterocycles. The van der Waals surface area contributed by atoms with Crippen LogP contribution in [0.2, 0.25) is 0 Å². The van der Waals surface area contributed by atoms with Gasteiger partial charge in [-0.2, -0.15) is 0 Å². The molecule has 0 spiro atoms. The van der Waals surface area contributed by atoms with Crippen LogP contribution in [-0.4, -0.2) is 19.4 Å². The molecule has 166 valence electrons. The number of carbonyl (C=O) groups excluding carboxylic acids is 1. The summed E-state index contributed by atoms with van der Waals surface area (Å²) in [7, 11) is -3.84. The Bertz CT molecular complexity index is 1360. The molecule has 0 unspecified atom stereocenters. The van der Waals surface area contributed by atoms with Crippen molar-refractivity contribution in [2.45, 2.75) is 4.90 Å². The predicted octanol–water partition coefficient (Wildman–Crippen LogP) is 4.78. The number of hydrogen-bond acceptors (Lipinski definition) is 5. The first-order chi connectivity index (χ1) is 15.9. The van der Waals surface area contributed by atoms with Crippen molar-refractivity contribution in [1.82, 2.24) is 4.98 Å². The number of nitrogens with one attached hydrogen (secondary N) is 3. The van der Waals surface area contributed by atoms with Crippen molar-refractivity contribution in [3.05, 3.63) is 97.2 Å². The SMILES string of the molecule is Nc1ccc(NC(=O)Nc2ccc(NS(=O)(=O)c3ccccc3-c3ccccc3)cc2)cn1. The van der Waals surface area contributed by atoms with Crippen LogP contribution < -0.4 is 21.1 Å². The minimum atomic E-state index is -3.84. The Balaban J connectivity index is 1.46. The van der Waals surface area contributed by atoms with Gasteiger partial charge in [0.15, 0.2) is 0 Å². The molecule has 1 heterocycles. The monoisotopic (exact) mass is 459 g/mol. The lowest BCUT2D eigenvalue weighted by molar-refractivity contribution is 0.262. The highest BCUT2D eigenvalue weighted by atomic mass is 32.2. The Labute approximate surface area is 191 Å². The Hall–Kier alpha value is -4.37. The predicted molar refractivity (Wildman–Crippen MR) is 130 cm³/mol. The number of aromatic nitrogens is 1. The van der Waals surface area contributed by atoms with Gasteiger partial charge >= 0.3 is 6.03 Å².